The predicted molar refractivity (Wildman–Crippen MR) is 78.0 cm³/mol. The Kier molecular flexibility index (Phi) is 5.87. The van der Waals surface area contributed by atoms with Crippen LogP contribution < -0.4 is 0 Å². The van der Waals surface area contributed by atoms with E-state index in [0.717, 1.165) is 4.21 Å². The molecular weight excluding hydrogens is 298 g/mol. The molecule has 2 heterocycles. The van der Waals surface area contributed by atoms with Crippen molar-refractivity contribution in [2.45, 2.75) is 16.7 Å². The molecule has 1 atom stereocenters. The Morgan fingerprint density at radius 1 is 1.60 bits per heavy atom. The Morgan fingerprint density at radius 2 is 2.45 bits per heavy atom. The zero-order chi connectivity index (χ0) is 14.4. The molecule has 1 saturated heterocycles. The maximum Gasteiger partial charge on any atom is 0.308 e. The molecule has 0 aliphatic carbocycles. The Bertz CT molecular complexity index is 449. The van der Waals surface area contributed by atoms with Gasteiger partial charge in [-0.15, -0.1) is 23.1 Å². The summed E-state index contributed by atoms with van der Waals surface area (Å²) in [5, 5.41) is 1.99. The van der Waals surface area contributed by atoms with Gasteiger partial charge in [-0.25, -0.2) is 0 Å². The van der Waals surface area contributed by atoms with Crippen LogP contribution in [0.2, 0.25) is 0 Å². The molecule has 0 radical (unpaired) electrons. The van der Waals surface area contributed by atoms with Gasteiger partial charge >= 0.3 is 5.97 Å². The molecule has 1 aromatic heterocycles. The van der Waals surface area contributed by atoms with E-state index in [4.69, 9.17) is 4.74 Å². The van der Waals surface area contributed by atoms with E-state index in [9.17, 15) is 9.59 Å². The monoisotopic (exact) mass is 315 g/mol. The lowest BCUT2D eigenvalue weighted by molar-refractivity contribution is -0.149. The highest BCUT2D eigenvalue weighted by molar-refractivity contribution is 8.01. The van der Waals surface area contributed by atoms with Gasteiger partial charge in [0, 0.05) is 13.1 Å². The minimum atomic E-state index is -0.308. The molecule has 0 saturated carbocycles. The van der Waals surface area contributed by atoms with Crippen molar-refractivity contribution in [1.82, 2.24) is 4.90 Å². The van der Waals surface area contributed by atoms with Gasteiger partial charge in [0.1, 0.15) is 0 Å². The molecule has 0 aromatic carbocycles. The molecule has 0 bridgehead atoms. The highest BCUT2D eigenvalue weighted by Crippen LogP contribution is 2.24. The van der Waals surface area contributed by atoms with Crippen molar-refractivity contribution in [2.75, 3.05) is 32.6 Å². The Morgan fingerprint density at radius 3 is 3.15 bits per heavy atom. The number of thioether (sulfide) groups is 1. The van der Waals surface area contributed by atoms with Crippen molar-refractivity contribution in [1.29, 1.82) is 0 Å². The van der Waals surface area contributed by atoms with Crippen molar-refractivity contribution >= 4 is 35.0 Å². The Hall–Kier alpha value is -1.05. The zero-order valence-electron chi connectivity index (χ0n) is 11.2. The van der Waals surface area contributed by atoms with E-state index >= 15 is 0 Å². The van der Waals surface area contributed by atoms with E-state index in [-0.39, 0.29) is 24.4 Å². The number of hydrogen-bond acceptors (Lipinski definition) is 6. The van der Waals surface area contributed by atoms with Crippen molar-refractivity contribution in [3.8, 4) is 0 Å². The number of rotatable bonds is 5. The lowest BCUT2D eigenvalue weighted by Gasteiger charge is -2.32. The molecular formula is C13H17NO4S2. The molecule has 7 heteroatoms. The number of methoxy groups -OCH3 is 1. The van der Waals surface area contributed by atoms with Crippen LogP contribution in [0.4, 0.5) is 0 Å². The summed E-state index contributed by atoms with van der Waals surface area (Å²) >= 11 is 3.17. The van der Waals surface area contributed by atoms with Crippen LogP contribution in [0.25, 0.3) is 0 Å². The summed E-state index contributed by atoms with van der Waals surface area (Å²) < 4.78 is 11.2. The highest BCUT2D eigenvalue weighted by atomic mass is 32.2. The first-order valence-corrected chi connectivity index (χ1v) is 8.18. The lowest BCUT2D eigenvalue weighted by Crippen LogP contribution is -2.47. The van der Waals surface area contributed by atoms with Gasteiger partial charge in [-0.2, -0.15) is 0 Å². The predicted octanol–water partition coefficient (Wildman–Crippen LogP) is 1.63. The lowest BCUT2D eigenvalue weighted by atomic mass is 10.2. The molecule has 1 fully saturated rings. The number of carbonyl (C=O) groups is 2. The van der Waals surface area contributed by atoms with Crippen molar-refractivity contribution in [3.63, 3.8) is 0 Å². The van der Waals surface area contributed by atoms with E-state index in [1.54, 1.807) is 28.0 Å². The normalized spacial score (nSPS) is 18.9. The minimum absolute atomic E-state index is 0.0848. The van der Waals surface area contributed by atoms with Gasteiger partial charge in [-0.1, -0.05) is 6.07 Å². The molecule has 0 spiro atoms. The second kappa shape index (κ2) is 7.66. The van der Waals surface area contributed by atoms with Crippen LogP contribution in [0, 0.1) is 0 Å². The number of carbonyl (C=O) groups excluding carboxylic acids is 2. The van der Waals surface area contributed by atoms with Gasteiger partial charge in [0.25, 0.3) is 0 Å². The number of esters is 1. The van der Waals surface area contributed by atoms with Crippen LogP contribution in [0.3, 0.4) is 0 Å². The average Bonchev–Trinajstić information content (AvgIpc) is 2.98. The molecule has 1 aliphatic heterocycles. The van der Waals surface area contributed by atoms with Gasteiger partial charge < -0.3 is 14.4 Å². The van der Waals surface area contributed by atoms with E-state index in [2.05, 4.69) is 4.74 Å². The zero-order valence-corrected chi connectivity index (χ0v) is 12.9. The van der Waals surface area contributed by atoms with E-state index in [1.165, 1.54) is 7.11 Å². The SMILES string of the molecule is COC(=O)CC1CN(C(=O)CSc2cccs2)CCO1. The van der Waals surface area contributed by atoms with Crippen LogP contribution >= 0.6 is 23.1 Å². The van der Waals surface area contributed by atoms with Crippen molar-refractivity contribution < 1.29 is 19.1 Å². The van der Waals surface area contributed by atoms with E-state index in [1.807, 2.05) is 17.5 Å². The summed E-state index contributed by atoms with van der Waals surface area (Å²) in [5.41, 5.74) is 0. The topological polar surface area (TPSA) is 55.8 Å². The number of nitrogens with zero attached hydrogens (tertiary/aromatic N) is 1. The van der Waals surface area contributed by atoms with Crippen LogP contribution in [-0.2, 0) is 19.1 Å². The van der Waals surface area contributed by atoms with Crippen LogP contribution in [0.1, 0.15) is 6.42 Å². The summed E-state index contributed by atoms with van der Waals surface area (Å²) in [6.07, 6.45) is -0.0647. The minimum Gasteiger partial charge on any atom is -0.469 e. The van der Waals surface area contributed by atoms with Crippen molar-refractivity contribution in [2.24, 2.45) is 0 Å². The highest BCUT2D eigenvalue weighted by Gasteiger charge is 2.26. The first-order chi connectivity index (χ1) is 9.69. The number of hydrogen-bond donors (Lipinski definition) is 0. The molecule has 1 aromatic rings. The molecule has 1 amide bonds. The van der Waals surface area contributed by atoms with Gasteiger partial charge in [-0.05, 0) is 11.4 Å². The molecule has 0 N–H and O–H groups in total. The largest absolute Gasteiger partial charge is 0.469 e. The Labute approximate surface area is 126 Å². The number of thiophene rings is 1. The second-order valence-electron chi connectivity index (χ2n) is 4.33. The fourth-order valence-corrected chi connectivity index (χ4v) is 3.60. The fraction of sp³-hybridized carbons (Fsp3) is 0.538. The fourth-order valence-electron chi connectivity index (χ4n) is 1.91. The third kappa shape index (κ3) is 4.50. The smallest absolute Gasteiger partial charge is 0.308 e. The first-order valence-electron chi connectivity index (χ1n) is 6.31. The standard InChI is InChI=1S/C13H17NO4S2/c1-17-12(16)7-10-8-14(4-5-18-10)11(15)9-20-13-3-2-6-19-13/h2-3,6,10H,4-5,7-9H2,1H3. The molecule has 1 unspecified atom stereocenters. The van der Waals surface area contributed by atoms with Crippen molar-refractivity contribution in [3.05, 3.63) is 17.5 Å². The average molecular weight is 315 g/mol. The maximum atomic E-state index is 12.1. The summed E-state index contributed by atoms with van der Waals surface area (Å²) in [5.74, 6) is 0.199. The first kappa shape index (κ1) is 15.3. The second-order valence-corrected chi connectivity index (χ2v) is 6.56. The molecule has 20 heavy (non-hydrogen) atoms. The number of ether oxygens (including phenoxy) is 2. The quantitative estimate of drug-likeness (QED) is 0.610. The number of morpholine rings is 1. The summed E-state index contributed by atoms with van der Waals surface area (Å²) in [6.45, 7) is 1.51. The van der Waals surface area contributed by atoms with Gasteiger partial charge in [0.05, 0.1) is 36.2 Å². The van der Waals surface area contributed by atoms with E-state index in [0.29, 0.717) is 25.4 Å². The maximum absolute atomic E-state index is 12.1. The third-order valence-electron chi connectivity index (χ3n) is 2.95. The molecule has 2 rings (SSSR count). The molecule has 1 aliphatic rings. The summed E-state index contributed by atoms with van der Waals surface area (Å²) in [7, 11) is 1.35. The van der Waals surface area contributed by atoms with E-state index < -0.39 is 0 Å². The van der Waals surface area contributed by atoms with Gasteiger partial charge in [-0.3, -0.25) is 9.59 Å². The Balaban J connectivity index is 1.79. The van der Waals surface area contributed by atoms with Crippen LogP contribution in [0.5, 0.6) is 0 Å². The molecule has 5 nitrogen and oxygen atoms in total. The third-order valence-corrected chi connectivity index (χ3v) is 5.06. The molecule has 110 valence electrons. The van der Waals surface area contributed by atoms with Crippen LogP contribution in [-0.4, -0.2) is 55.4 Å². The van der Waals surface area contributed by atoms with Crippen LogP contribution in [0.15, 0.2) is 21.7 Å². The summed E-state index contributed by atoms with van der Waals surface area (Å²) in [6, 6.07) is 3.97. The number of amides is 1. The van der Waals surface area contributed by atoms with Gasteiger partial charge in [0.2, 0.25) is 5.91 Å². The van der Waals surface area contributed by atoms with Gasteiger partial charge in [0.15, 0.2) is 0 Å². The summed E-state index contributed by atoms with van der Waals surface area (Å²) in [4.78, 5) is 25.1.